The summed E-state index contributed by atoms with van der Waals surface area (Å²) in [6, 6.07) is 9.91. The standard InChI is InChI=1S/C12H17FO2/c1-14-12(9-13)7-8-15-10-11-5-3-2-4-6-11/h2-6,12H,7-10H2,1H3. The van der Waals surface area contributed by atoms with Gasteiger partial charge >= 0.3 is 0 Å². The molecule has 1 rings (SSSR count). The quantitative estimate of drug-likeness (QED) is 0.647. The molecule has 0 bridgehead atoms. The van der Waals surface area contributed by atoms with Gasteiger partial charge in [-0.25, -0.2) is 4.39 Å². The van der Waals surface area contributed by atoms with Crippen LogP contribution >= 0.6 is 0 Å². The summed E-state index contributed by atoms with van der Waals surface area (Å²) in [6.07, 6.45) is 0.264. The fraction of sp³-hybridized carbons (Fsp3) is 0.500. The van der Waals surface area contributed by atoms with Gasteiger partial charge in [0, 0.05) is 13.7 Å². The lowest BCUT2D eigenvalue weighted by molar-refractivity contribution is 0.0336. The van der Waals surface area contributed by atoms with Crippen LogP contribution in [0.1, 0.15) is 12.0 Å². The van der Waals surface area contributed by atoms with E-state index < -0.39 is 6.67 Å². The molecule has 2 nitrogen and oxygen atoms in total. The molecule has 0 aromatic heterocycles. The Kier molecular flexibility index (Phi) is 5.97. The van der Waals surface area contributed by atoms with E-state index in [9.17, 15) is 4.39 Å². The molecule has 0 N–H and O–H groups in total. The number of halogens is 1. The predicted molar refractivity (Wildman–Crippen MR) is 57.5 cm³/mol. The number of alkyl halides is 1. The van der Waals surface area contributed by atoms with E-state index in [0.29, 0.717) is 19.6 Å². The summed E-state index contributed by atoms with van der Waals surface area (Å²) in [5.41, 5.74) is 1.13. The van der Waals surface area contributed by atoms with Crippen LogP contribution in [0.5, 0.6) is 0 Å². The van der Waals surface area contributed by atoms with Gasteiger partial charge in [0.05, 0.1) is 12.7 Å². The maximum atomic E-state index is 12.2. The molecule has 1 aromatic rings. The van der Waals surface area contributed by atoms with Crippen molar-refractivity contribution in [1.29, 1.82) is 0 Å². The van der Waals surface area contributed by atoms with Crippen LogP contribution < -0.4 is 0 Å². The molecular weight excluding hydrogens is 195 g/mol. The van der Waals surface area contributed by atoms with Crippen LogP contribution in [0, 0.1) is 0 Å². The molecule has 0 spiro atoms. The zero-order valence-corrected chi connectivity index (χ0v) is 8.99. The summed E-state index contributed by atoms with van der Waals surface area (Å²) in [7, 11) is 1.52. The van der Waals surface area contributed by atoms with Gasteiger partial charge in [-0.1, -0.05) is 30.3 Å². The van der Waals surface area contributed by atoms with Gasteiger partial charge < -0.3 is 9.47 Å². The minimum atomic E-state index is -0.453. The Morgan fingerprint density at radius 2 is 2.00 bits per heavy atom. The van der Waals surface area contributed by atoms with Gasteiger partial charge in [-0.3, -0.25) is 0 Å². The van der Waals surface area contributed by atoms with Gasteiger partial charge in [-0.05, 0) is 12.0 Å². The number of hydrogen-bond acceptors (Lipinski definition) is 2. The number of methoxy groups -OCH3 is 1. The van der Waals surface area contributed by atoms with Gasteiger partial charge in [0.25, 0.3) is 0 Å². The van der Waals surface area contributed by atoms with Crippen molar-refractivity contribution in [2.45, 2.75) is 19.1 Å². The zero-order chi connectivity index (χ0) is 10.9. The first kappa shape index (κ1) is 12.1. The molecule has 0 amide bonds. The number of hydrogen-bond donors (Lipinski definition) is 0. The molecule has 0 aliphatic heterocycles. The largest absolute Gasteiger partial charge is 0.379 e. The van der Waals surface area contributed by atoms with Gasteiger partial charge in [0.2, 0.25) is 0 Å². The van der Waals surface area contributed by atoms with Crippen molar-refractivity contribution in [2.24, 2.45) is 0 Å². The summed E-state index contributed by atoms with van der Waals surface area (Å²) in [4.78, 5) is 0. The molecule has 0 aliphatic rings. The second-order valence-corrected chi connectivity index (χ2v) is 3.34. The highest BCUT2D eigenvalue weighted by Crippen LogP contribution is 2.03. The molecule has 0 saturated heterocycles. The third-order valence-corrected chi connectivity index (χ3v) is 2.20. The van der Waals surface area contributed by atoms with Crippen molar-refractivity contribution in [1.82, 2.24) is 0 Å². The van der Waals surface area contributed by atoms with E-state index in [2.05, 4.69) is 0 Å². The lowest BCUT2D eigenvalue weighted by Crippen LogP contribution is -2.15. The number of rotatable bonds is 7. The van der Waals surface area contributed by atoms with Gasteiger partial charge in [0.1, 0.15) is 6.67 Å². The first-order chi connectivity index (χ1) is 7.36. The van der Waals surface area contributed by atoms with Crippen molar-refractivity contribution in [3.63, 3.8) is 0 Å². The third kappa shape index (κ3) is 4.91. The lowest BCUT2D eigenvalue weighted by Gasteiger charge is -2.11. The van der Waals surface area contributed by atoms with Crippen LogP contribution in [-0.2, 0) is 16.1 Å². The SMILES string of the molecule is COC(CF)CCOCc1ccccc1. The highest BCUT2D eigenvalue weighted by atomic mass is 19.1. The van der Waals surface area contributed by atoms with E-state index in [0.717, 1.165) is 5.56 Å². The average Bonchev–Trinajstić information content (AvgIpc) is 2.31. The molecule has 3 heteroatoms. The van der Waals surface area contributed by atoms with E-state index in [1.165, 1.54) is 7.11 Å². The van der Waals surface area contributed by atoms with Crippen molar-refractivity contribution in [3.8, 4) is 0 Å². The third-order valence-electron chi connectivity index (χ3n) is 2.20. The molecule has 0 saturated carbocycles. The Morgan fingerprint density at radius 3 is 2.60 bits per heavy atom. The average molecular weight is 212 g/mol. The van der Waals surface area contributed by atoms with E-state index >= 15 is 0 Å². The van der Waals surface area contributed by atoms with Gasteiger partial charge in [-0.2, -0.15) is 0 Å². The first-order valence-corrected chi connectivity index (χ1v) is 5.07. The number of benzene rings is 1. The normalized spacial score (nSPS) is 12.7. The molecule has 0 radical (unpaired) electrons. The van der Waals surface area contributed by atoms with Crippen LogP contribution in [0.4, 0.5) is 4.39 Å². The topological polar surface area (TPSA) is 18.5 Å². The molecule has 0 fully saturated rings. The van der Waals surface area contributed by atoms with E-state index in [-0.39, 0.29) is 6.10 Å². The predicted octanol–water partition coefficient (Wildman–Crippen LogP) is 2.58. The molecule has 1 aromatic carbocycles. The van der Waals surface area contributed by atoms with Crippen LogP contribution in [0.3, 0.4) is 0 Å². The lowest BCUT2D eigenvalue weighted by atomic mass is 10.2. The fourth-order valence-electron chi connectivity index (χ4n) is 1.24. The smallest absolute Gasteiger partial charge is 0.116 e. The fourth-order valence-corrected chi connectivity index (χ4v) is 1.24. The van der Waals surface area contributed by atoms with E-state index in [1.54, 1.807) is 0 Å². The molecule has 1 unspecified atom stereocenters. The summed E-state index contributed by atoms with van der Waals surface area (Å²) in [5, 5.41) is 0. The van der Waals surface area contributed by atoms with E-state index in [1.807, 2.05) is 30.3 Å². The first-order valence-electron chi connectivity index (χ1n) is 5.07. The van der Waals surface area contributed by atoms with Crippen LogP contribution in [0.15, 0.2) is 30.3 Å². The summed E-state index contributed by atoms with van der Waals surface area (Å²) in [5.74, 6) is 0. The van der Waals surface area contributed by atoms with Crippen molar-refractivity contribution < 1.29 is 13.9 Å². The molecular formula is C12H17FO2. The van der Waals surface area contributed by atoms with Crippen LogP contribution in [0.25, 0.3) is 0 Å². The highest BCUT2D eigenvalue weighted by Gasteiger charge is 2.05. The minimum absolute atomic E-state index is 0.333. The Balaban J connectivity index is 2.12. The van der Waals surface area contributed by atoms with Crippen molar-refractivity contribution in [3.05, 3.63) is 35.9 Å². The Labute approximate surface area is 90.0 Å². The summed E-state index contributed by atoms with van der Waals surface area (Å²) < 4.78 is 22.5. The molecule has 0 aliphatic carbocycles. The monoisotopic (exact) mass is 212 g/mol. The Bertz CT molecular complexity index is 247. The van der Waals surface area contributed by atoms with Gasteiger partial charge in [-0.15, -0.1) is 0 Å². The Hall–Kier alpha value is -0.930. The maximum absolute atomic E-state index is 12.2. The molecule has 15 heavy (non-hydrogen) atoms. The summed E-state index contributed by atoms with van der Waals surface area (Å²) in [6.45, 7) is 0.645. The zero-order valence-electron chi connectivity index (χ0n) is 8.99. The maximum Gasteiger partial charge on any atom is 0.116 e. The van der Waals surface area contributed by atoms with Crippen molar-refractivity contribution in [2.75, 3.05) is 20.4 Å². The summed E-state index contributed by atoms with van der Waals surface area (Å²) >= 11 is 0. The van der Waals surface area contributed by atoms with E-state index in [4.69, 9.17) is 9.47 Å². The Morgan fingerprint density at radius 1 is 1.27 bits per heavy atom. The number of ether oxygens (including phenoxy) is 2. The minimum Gasteiger partial charge on any atom is -0.379 e. The molecule has 0 heterocycles. The van der Waals surface area contributed by atoms with Gasteiger partial charge in [0.15, 0.2) is 0 Å². The second-order valence-electron chi connectivity index (χ2n) is 3.34. The molecule has 84 valence electrons. The van der Waals surface area contributed by atoms with Crippen LogP contribution in [-0.4, -0.2) is 26.5 Å². The van der Waals surface area contributed by atoms with Crippen LogP contribution in [0.2, 0.25) is 0 Å². The molecule has 1 atom stereocenters. The van der Waals surface area contributed by atoms with Crippen molar-refractivity contribution >= 4 is 0 Å². The second kappa shape index (κ2) is 7.37. The highest BCUT2D eigenvalue weighted by molar-refractivity contribution is 5.13.